The van der Waals surface area contributed by atoms with Crippen LogP contribution in [0.25, 0.3) is 0 Å². The molecule has 0 aliphatic rings. The van der Waals surface area contributed by atoms with Gasteiger partial charge in [-0.05, 0) is 36.8 Å². The van der Waals surface area contributed by atoms with Crippen LogP contribution in [0.5, 0.6) is 0 Å². The van der Waals surface area contributed by atoms with Crippen LogP contribution in [0.3, 0.4) is 0 Å². The highest BCUT2D eigenvalue weighted by molar-refractivity contribution is 7.99. The Morgan fingerprint density at radius 1 is 1.11 bits per heavy atom. The first-order chi connectivity index (χ1) is 9.22. The molecule has 0 heterocycles. The number of nitrogens with one attached hydrogen (secondary N) is 1. The Labute approximate surface area is 123 Å². The minimum absolute atomic E-state index is 0.456. The zero-order chi connectivity index (χ0) is 14.1. The Morgan fingerprint density at radius 2 is 1.79 bits per heavy atom. The largest absolute Gasteiger partial charge is 0.312 e. The third-order valence-electron chi connectivity index (χ3n) is 3.66. The van der Waals surface area contributed by atoms with Crippen molar-refractivity contribution in [2.45, 2.75) is 57.7 Å². The molecule has 0 saturated carbocycles. The highest BCUT2D eigenvalue weighted by Gasteiger charge is 2.17. The monoisotopic (exact) mass is 279 g/mol. The van der Waals surface area contributed by atoms with Crippen molar-refractivity contribution in [3.8, 4) is 0 Å². The summed E-state index contributed by atoms with van der Waals surface area (Å²) in [4.78, 5) is 0. The molecule has 108 valence electrons. The molecule has 1 aromatic carbocycles. The number of benzene rings is 1. The van der Waals surface area contributed by atoms with E-state index in [1.807, 2.05) is 0 Å². The molecule has 0 radical (unpaired) electrons. The molecule has 0 amide bonds. The second-order valence-corrected chi connectivity index (χ2v) is 6.63. The molecule has 0 aromatic heterocycles. The number of thioether (sulfide) groups is 1. The van der Waals surface area contributed by atoms with Crippen LogP contribution in [-0.4, -0.2) is 18.1 Å². The molecule has 1 aromatic rings. The van der Waals surface area contributed by atoms with Crippen molar-refractivity contribution in [2.75, 3.05) is 12.8 Å². The van der Waals surface area contributed by atoms with Crippen LogP contribution >= 0.6 is 11.8 Å². The summed E-state index contributed by atoms with van der Waals surface area (Å²) in [6, 6.07) is 9.53. The van der Waals surface area contributed by atoms with Gasteiger partial charge in [-0.25, -0.2) is 0 Å². The summed E-state index contributed by atoms with van der Waals surface area (Å²) >= 11 is 2.09. The third-order valence-corrected chi connectivity index (χ3v) is 4.98. The predicted molar refractivity (Wildman–Crippen MR) is 89.1 cm³/mol. The van der Waals surface area contributed by atoms with Gasteiger partial charge >= 0.3 is 0 Å². The summed E-state index contributed by atoms with van der Waals surface area (Å²) in [5.41, 5.74) is 2.83. The Morgan fingerprint density at radius 3 is 2.32 bits per heavy atom. The van der Waals surface area contributed by atoms with E-state index in [0.29, 0.717) is 11.3 Å². The molecule has 19 heavy (non-hydrogen) atoms. The van der Waals surface area contributed by atoms with E-state index in [0.717, 1.165) is 6.42 Å². The lowest BCUT2D eigenvalue weighted by Crippen LogP contribution is -2.25. The maximum absolute atomic E-state index is 3.48. The predicted octanol–water partition coefficient (Wildman–Crippen LogP) is 4.82. The van der Waals surface area contributed by atoms with Crippen LogP contribution in [0.15, 0.2) is 24.3 Å². The minimum Gasteiger partial charge on any atom is -0.312 e. The van der Waals surface area contributed by atoms with E-state index in [-0.39, 0.29) is 0 Å². The van der Waals surface area contributed by atoms with Crippen LogP contribution in [0.4, 0.5) is 0 Å². The summed E-state index contributed by atoms with van der Waals surface area (Å²) < 4.78 is 0. The highest BCUT2D eigenvalue weighted by atomic mass is 32.2. The molecule has 2 unspecified atom stereocenters. The normalized spacial score (nSPS) is 14.3. The van der Waals surface area contributed by atoms with Crippen molar-refractivity contribution < 1.29 is 0 Å². The van der Waals surface area contributed by atoms with Gasteiger partial charge in [0.1, 0.15) is 0 Å². The van der Waals surface area contributed by atoms with Crippen LogP contribution in [0, 0.1) is 0 Å². The molecule has 0 bridgehead atoms. The highest BCUT2D eigenvalue weighted by Crippen LogP contribution is 2.27. The first-order valence-electron chi connectivity index (χ1n) is 7.60. The Bertz CT molecular complexity index is 334. The van der Waals surface area contributed by atoms with Gasteiger partial charge in [0.15, 0.2) is 0 Å². The van der Waals surface area contributed by atoms with Gasteiger partial charge in [0, 0.05) is 11.3 Å². The quantitative estimate of drug-likeness (QED) is 0.650. The van der Waals surface area contributed by atoms with Gasteiger partial charge < -0.3 is 5.32 Å². The summed E-state index contributed by atoms with van der Waals surface area (Å²) in [5, 5.41) is 4.10. The summed E-state index contributed by atoms with van der Waals surface area (Å²) in [7, 11) is 2.07. The lowest BCUT2D eigenvalue weighted by molar-refractivity contribution is 0.588. The van der Waals surface area contributed by atoms with Gasteiger partial charge in [0.05, 0.1) is 0 Å². The van der Waals surface area contributed by atoms with Crippen molar-refractivity contribution >= 4 is 11.8 Å². The topological polar surface area (TPSA) is 12.0 Å². The number of hydrogen-bond acceptors (Lipinski definition) is 2. The average molecular weight is 279 g/mol. The zero-order valence-corrected chi connectivity index (χ0v) is 13.7. The third kappa shape index (κ3) is 5.58. The lowest BCUT2D eigenvalue weighted by Gasteiger charge is -2.24. The van der Waals surface area contributed by atoms with Crippen molar-refractivity contribution in [1.82, 2.24) is 5.32 Å². The Balaban J connectivity index is 2.54. The van der Waals surface area contributed by atoms with Crippen LogP contribution < -0.4 is 5.32 Å². The Hall–Kier alpha value is -0.470. The second-order valence-electron chi connectivity index (χ2n) is 5.14. The van der Waals surface area contributed by atoms with Gasteiger partial charge in [-0.2, -0.15) is 11.8 Å². The summed E-state index contributed by atoms with van der Waals surface area (Å²) in [6.07, 6.45) is 5.13. The van der Waals surface area contributed by atoms with E-state index in [9.17, 15) is 0 Å². The molecule has 1 N–H and O–H groups in total. The summed E-state index contributed by atoms with van der Waals surface area (Å²) in [5.74, 6) is 1.28. The fraction of sp³-hybridized carbons (Fsp3) is 0.647. The van der Waals surface area contributed by atoms with E-state index < -0.39 is 0 Å². The first-order valence-corrected chi connectivity index (χ1v) is 8.65. The van der Waals surface area contributed by atoms with Gasteiger partial charge in [0.25, 0.3) is 0 Å². The van der Waals surface area contributed by atoms with Crippen LogP contribution in [0.2, 0.25) is 0 Å². The maximum Gasteiger partial charge on any atom is 0.0435 e. The number of hydrogen-bond donors (Lipinski definition) is 1. The summed E-state index contributed by atoms with van der Waals surface area (Å²) in [6.45, 7) is 6.81. The van der Waals surface area contributed by atoms with E-state index in [1.54, 1.807) is 0 Å². The van der Waals surface area contributed by atoms with Crippen LogP contribution in [-0.2, 0) is 6.42 Å². The van der Waals surface area contributed by atoms with E-state index in [2.05, 4.69) is 69.2 Å². The van der Waals surface area contributed by atoms with Crippen LogP contribution in [0.1, 0.15) is 57.2 Å². The molecule has 0 aliphatic heterocycles. The van der Waals surface area contributed by atoms with Crippen molar-refractivity contribution in [3.05, 3.63) is 35.4 Å². The smallest absolute Gasteiger partial charge is 0.0435 e. The fourth-order valence-electron chi connectivity index (χ4n) is 2.35. The van der Waals surface area contributed by atoms with E-state index in [1.165, 1.54) is 36.1 Å². The molecule has 2 atom stereocenters. The molecular formula is C17H29NS. The van der Waals surface area contributed by atoms with E-state index in [4.69, 9.17) is 0 Å². The number of unbranched alkanes of at least 4 members (excludes halogenated alkanes) is 2. The van der Waals surface area contributed by atoms with Crippen molar-refractivity contribution in [1.29, 1.82) is 0 Å². The Kier molecular flexibility index (Phi) is 8.24. The standard InChI is InChI=1S/C17H29NS/c1-5-7-8-13-19-14(3)17(18-4)16-11-9-15(6-2)10-12-16/h9-12,14,17-18H,5-8,13H2,1-4H3. The molecule has 2 heteroatoms. The van der Waals surface area contributed by atoms with Gasteiger partial charge in [-0.15, -0.1) is 0 Å². The fourth-order valence-corrected chi connectivity index (χ4v) is 3.58. The maximum atomic E-state index is 3.48. The van der Waals surface area contributed by atoms with Crippen molar-refractivity contribution in [3.63, 3.8) is 0 Å². The molecule has 0 spiro atoms. The first kappa shape index (κ1) is 16.6. The average Bonchev–Trinajstić information content (AvgIpc) is 2.45. The van der Waals surface area contributed by atoms with E-state index >= 15 is 0 Å². The minimum atomic E-state index is 0.456. The van der Waals surface area contributed by atoms with Gasteiger partial charge in [0.2, 0.25) is 0 Å². The number of rotatable bonds is 9. The lowest BCUT2D eigenvalue weighted by atomic mass is 10.0. The molecular weight excluding hydrogens is 250 g/mol. The van der Waals surface area contributed by atoms with Gasteiger partial charge in [-0.1, -0.05) is 57.9 Å². The van der Waals surface area contributed by atoms with Gasteiger partial charge in [-0.3, -0.25) is 0 Å². The SMILES string of the molecule is CCCCCSC(C)C(NC)c1ccc(CC)cc1. The van der Waals surface area contributed by atoms with Crippen molar-refractivity contribution in [2.24, 2.45) is 0 Å². The second kappa shape index (κ2) is 9.44. The molecule has 0 aliphatic carbocycles. The zero-order valence-electron chi connectivity index (χ0n) is 12.9. The molecule has 0 saturated heterocycles. The molecule has 0 fully saturated rings. The molecule has 1 rings (SSSR count). The number of aryl methyl sites for hydroxylation is 1. The molecule has 1 nitrogen and oxygen atoms in total.